The second-order valence-electron chi connectivity index (χ2n) is 10.3. The molecule has 0 saturated heterocycles. The summed E-state index contributed by atoms with van der Waals surface area (Å²) in [5.41, 5.74) is 7.38. The number of hydrogen-bond acceptors (Lipinski definition) is 9. The van der Waals surface area contributed by atoms with Crippen LogP contribution in [0.4, 0.5) is 4.79 Å². The van der Waals surface area contributed by atoms with Gasteiger partial charge in [0.2, 0.25) is 5.76 Å². The molecule has 0 spiro atoms. The van der Waals surface area contributed by atoms with Gasteiger partial charge < -0.3 is 45.9 Å². The second kappa shape index (κ2) is 14.5. The maximum atomic E-state index is 12.6. The lowest BCUT2D eigenvalue weighted by Crippen LogP contribution is -2.56. The summed E-state index contributed by atoms with van der Waals surface area (Å²) in [5, 5.41) is 44.0. The zero-order valence-corrected chi connectivity index (χ0v) is 23.7. The highest BCUT2D eigenvalue weighted by molar-refractivity contribution is 5.86. The number of amides is 1. The number of hydrogen-bond donors (Lipinski definition) is 7. The molecule has 1 amide bonds. The van der Waals surface area contributed by atoms with Crippen LogP contribution in [0.1, 0.15) is 37.3 Å². The van der Waals surface area contributed by atoms with E-state index in [1.807, 2.05) is 37.3 Å². The number of fused-ring (bicyclic) bond motifs is 1. The van der Waals surface area contributed by atoms with Crippen molar-refractivity contribution in [2.24, 2.45) is 11.7 Å². The molecular formula is C29H38N4O9. The van der Waals surface area contributed by atoms with Gasteiger partial charge in [-0.05, 0) is 42.7 Å². The first-order chi connectivity index (χ1) is 19.9. The average molecular weight is 587 g/mol. The third-order valence-electron chi connectivity index (χ3n) is 7.05. The minimum atomic E-state index is -1.60. The molecule has 0 aromatic heterocycles. The molecule has 1 aliphatic rings. The van der Waals surface area contributed by atoms with Gasteiger partial charge in [-0.1, -0.05) is 48.9 Å². The predicted octanol–water partition coefficient (Wildman–Crippen LogP) is 1.49. The highest BCUT2D eigenvalue weighted by Crippen LogP contribution is 2.29. The van der Waals surface area contributed by atoms with Gasteiger partial charge in [0.1, 0.15) is 12.2 Å². The normalized spacial score (nSPS) is 20.3. The molecule has 1 unspecified atom stereocenters. The molecule has 3 rings (SSSR count). The number of carboxylic acid groups (broad SMARTS) is 1. The fourth-order valence-corrected chi connectivity index (χ4v) is 4.64. The zero-order valence-electron chi connectivity index (χ0n) is 23.7. The molecule has 0 saturated carbocycles. The number of ether oxygens (including phenoxy) is 3. The van der Waals surface area contributed by atoms with Gasteiger partial charge in [-0.15, -0.1) is 0 Å². The Balaban J connectivity index is 1.51. The van der Waals surface area contributed by atoms with Gasteiger partial charge in [-0.2, -0.15) is 0 Å². The summed E-state index contributed by atoms with van der Waals surface area (Å²) in [6.45, 7) is 4.69. The van der Waals surface area contributed by atoms with Crippen LogP contribution in [0.15, 0.2) is 48.2 Å². The predicted molar refractivity (Wildman–Crippen MR) is 153 cm³/mol. The molecule has 2 aromatic carbocycles. The van der Waals surface area contributed by atoms with E-state index in [1.54, 1.807) is 13.8 Å². The van der Waals surface area contributed by atoms with E-state index >= 15 is 0 Å². The first-order valence-corrected chi connectivity index (χ1v) is 13.5. The number of carbonyl (C=O) groups excluding carboxylic acids is 2. The minimum absolute atomic E-state index is 0.0346. The fraction of sp³-hybridized carbons (Fsp3) is 0.448. The van der Waals surface area contributed by atoms with Crippen LogP contribution in [-0.4, -0.2) is 83.4 Å². The van der Waals surface area contributed by atoms with Crippen molar-refractivity contribution >= 4 is 34.8 Å². The molecule has 0 aliphatic carbocycles. The smallest absolute Gasteiger partial charge is 0.407 e. The Hall–Kier alpha value is -4.36. The van der Waals surface area contributed by atoms with E-state index in [0.717, 1.165) is 21.9 Å². The summed E-state index contributed by atoms with van der Waals surface area (Å²) in [5.74, 6) is -3.86. The molecule has 0 bridgehead atoms. The van der Waals surface area contributed by atoms with E-state index < -0.39 is 72.5 Å². The number of aryl methyl sites for hydroxylation is 1. The largest absolute Gasteiger partial charge is 0.479 e. The minimum Gasteiger partial charge on any atom is -0.479 e. The first-order valence-electron chi connectivity index (χ1n) is 13.5. The number of nitrogens with two attached hydrogens (primary N) is 1. The van der Waals surface area contributed by atoms with E-state index in [0.29, 0.717) is 0 Å². The summed E-state index contributed by atoms with van der Waals surface area (Å²) in [7, 11) is 0. The first kappa shape index (κ1) is 32.2. The maximum absolute atomic E-state index is 12.6. The van der Waals surface area contributed by atoms with Crippen LogP contribution in [0, 0.1) is 18.3 Å². The number of carbonyl (C=O) groups is 3. The van der Waals surface area contributed by atoms with Crippen molar-refractivity contribution in [1.82, 2.24) is 10.6 Å². The monoisotopic (exact) mass is 586 g/mol. The summed E-state index contributed by atoms with van der Waals surface area (Å²) in [4.78, 5) is 36.7. The summed E-state index contributed by atoms with van der Waals surface area (Å²) >= 11 is 0. The fourth-order valence-electron chi connectivity index (χ4n) is 4.64. The van der Waals surface area contributed by atoms with Gasteiger partial charge >= 0.3 is 18.0 Å². The lowest BCUT2D eigenvalue weighted by Gasteiger charge is -2.39. The molecule has 228 valence electrons. The third-order valence-corrected chi connectivity index (χ3v) is 7.05. The van der Waals surface area contributed by atoms with E-state index in [4.69, 9.17) is 25.4 Å². The Kier molecular flexibility index (Phi) is 11.1. The quantitative estimate of drug-likeness (QED) is 0.0819. The number of aliphatic hydroxyl groups is 2. The molecular weight excluding hydrogens is 548 g/mol. The summed E-state index contributed by atoms with van der Waals surface area (Å²) in [6.07, 6.45) is -3.74. The van der Waals surface area contributed by atoms with Crippen LogP contribution >= 0.6 is 0 Å². The van der Waals surface area contributed by atoms with Gasteiger partial charge in [0.05, 0.1) is 25.2 Å². The molecule has 6 atom stereocenters. The highest BCUT2D eigenvalue weighted by Gasteiger charge is 2.43. The standard InChI is InChI=1S/C29H38N4O9/c1-15-5-6-20-12-18(7-8-19(20)11-15)16(2)27(38)40-10-4-9-32-29(39)42-25(22(35)14-34)24-17(3)21(33-28(30)31)13-23(41-24)26(36)37/h5-8,11-13,16-17,21-22,24-25,34-35H,4,9-10,14H2,1-3H3,(H,32,39)(H,36,37)(H4,30,31,33)/t16-,17+,21-,22+,24?,25+/m0/s1. The number of carboxylic acids is 1. The van der Waals surface area contributed by atoms with Crippen molar-refractivity contribution in [3.05, 3.63) is 59.4 Å². The molecule has 1 heterocycles. The lowest BCUT2D eigenvalue weighted by molar-refractivity contribution is -0.147. The number of aliphatic carboxylic acids is 1. The Morgan fingerprint density at radius 2 is 1.86 bits per heavy atom. The van der Waals surface area contributed by atoms with E-state index in [9.17, 15) is 29.7 Å². The summed E-state index contributed by atoms with van der Waals surface area (Å²) < 4.78 is 16.2. The van der Waals surface area contributed by atoms with Crippen LogP contribution in [-0.2, 0) is 23.8 Å². The Morgan fingerprint density at radius 3 is 2.52 bits per heavy atom. The SMILES string of the molecule is Cc1ccc2cc([C@H](C)C(=O)OCCCNC(=O)O[C@@H](C3OC(C(=O)O)=C[C@H](NC(=N)N)[C@H]3C)[C@H](O)CO)ccc2c1. The molecule has 13 nitrogen and oxygen atoms in total. The number of esters is 1. The number of alkyl carbamates (subject to hydrolysis) is 1. The Bertz CT molecular complexity index is 1330. The van der Waals surface area contributed by atoms with Crippen molar-refractivity contribution in [1.29, 1.82) is 5.41 Å². The van der Waals surface area contributed by atoms with Crippen molar-refractivity contribution in [2.45, 2.75) is 57.5 Å². The highest BCUT2D eigenvalue weighted by atomic mass is 16.6. The van der Waals surface area contributed by atoms with E-state index in [-0.39, 0.29) is 19.6 Å². The van der Waals surface area contributed by atoms with Crippen LogP contribution in [0.2, 0.25) is 0 Å². The van der Waals surface area contributed by atoms with Crippen molar-refractivity contribution < 1.29 is 43.9 Å². The molecule has 8 N–H and O–H groups in total. The molecule has 42 heavy (non-hydrogen) atoms. The van der Waals surface area contributed by atoms with Gasteiger partial charge in [0, 0.05) is 12.5 Å². The van der Waals surface area contributed by atoms with Crippen LogP contribution in [0.5, 0.6) is 0 Å². The topological polar surface area (TPSA) is 214 Å². The van der Waals surface area contributed by atoms with E-state index in [1.165, 1.54) is 6.08 Å². The summed E-state index contributed by atoms with van der Waals surface area (Å²) in [6, 6.07) is 11.1. The molecule has 2 aromatic rings. The van der Waals surface area contributed by atoms with Gasteiger partial charge in [-0.3, -0.25) is 10.2 Å². The van der Waals surface area contributed by atoms with Crippen molar-refractivity contribution in [3.8, 4) is 0 Å². The van der Waals surface area contributed by atoms with E-state index in [2.05, 4.69) is 16.7 Å². The van der Waals surface area contributed by atoms with Crippen molar-refractivity contribution in [3.63, 3.8) is 0 Å². The van der Waals surface area contributed by atoms with Gasteiger partial charge in [0.25, 0.3) is 0 Å². The number of rotatable bonds is 12. The zero-order chi connectivity index (χ0) is 31.0. The number of benzene rings is 2. The van der Waals surface area contributed by atoms with Crippen molar-refractivity contribution in [2.75, 3.05) is 19.8 Å². The molecule has 0 fully saturated rings. The Labute approximate surface area is 243 Å². The number of aliphatic hydroxyl groups excluding tert-OH is 2. The Morgan fingerprint density at radius 1 is 1.17 bits per heavy atom. The molecule has 13 heteroatoms. The number of nitrogens with one attached hydrogen (secondary N) is 3. The van der Waals surface area contributed by atoms with Crippen LogP contribution in [0.25, 0.3) is 10.8 Å². The molecule has 1 aliphatic heterocycles. The van der Waals surface area contributed by atoms with Gasteiger partial charge in [0.15, 0.2) is 12.1 Å². The van der Waals surface area contributed by atoms with Crippen LogP contribution in [0.3, 0.4) is 0 Å². The second-order valence-corrected chi connectivity index (χ2v) is 10.3. The average Bonchev–Trinajstić information content (AvgIpc) is 2.95. The lowest BCUT2D eigenvalue weighted by atomic mass is 9.87. The maximum Gasteiger partial charge on any atom is 0.407 e. The van der Waals surface area contributed by atoms with Crippen LogP contribution < -0.4 is 16.4 Å². The third kappa shape index (κ3) is 8.33. The number of guanidine groups is 1. The van der Waals surface area contributed by atoms with Gasteiger partial charge in [-0.25, -0.2) is 9.59 Å². The molecule has 0 radical (unpaired) electrons.